The van der Waals surface area contributed by atoms with Crippen LogP contribution < -0.4 is 5.32 Å². The summed E-state index contributed by atoms with van der Waals surface area (Å²) in [7, 11) is 0. The standard InChI is InChI=1S/C27H30Cl2N4O/c28-24-8-3-1-6-22(24)26(23-7-2-4-9-25(23)29)33-20-10-11-21(33)17-19(16-20)27(34)31-12-5-14-32-15-13-30-18-32/h1-4,6-9,13,15,18-21,26H,5,10-12,14,16-17H2,(H,31,34). The van der Waals surface area contributed by atoms with Crippen LogP contribution in [-0.2, 0) is 11.3 Å². The first kappa shape index (κ1) is 23.4. The average molecular weight is 497 g/mol. The van der Waals surface area contributed by atoms with E-state index in [-0.39, 0.29) is 17.9 Å². The van der Waals surface area contributed by atoms with Crippen LogP contribution in [0.25, 0.3) is 0 Å². The number of piperidine rings is 1. The average Bonchev–Trinajstić information content (AvgIpc) is 3.44. The normalized spacial score (nSPS) is 22.3. The first-order valence-electron chi connectivity index (χ1n) is 12.1. The van der Waals surface area contributed by atoms with E-state index >= 15 is 0 Å². The van der Waals surface area contributed by atoms with Crippen LogP contribution in [0.1, 0.15) is 49.3 Å². The molecule has 2 saturated heterocycles. The van der Waals surface area contributed by atoms with Crippen LogP contribution in [0, 0.1) is 5.92 Å². The Labute approximate surface area is 211 Å². The highest BCUT2D eigenvalue weighted by Gasteiger charge is 2.46. The molecule has 7 heteroatoms. The molecule has 2 aliphatic heterocycles. The Morgan fingerprint density at radius 3 is 2.18 bits per heavy atom. The van der Waals surface area contributed by atoms with Crippen LogP contribution in [0.15, 0.2) is 67.3 Å². The van der Waals surface area contributed by atoms with Crippen LogP contribution in [0.2, 0.25) is 10.0 Å². The van der Waals surface area contributed by atoms with Crippen molar-refractivity contribution in [2.75, 3.05) is 6.54 Å². The summed E-state index contributed by atoms with van der Waals surface area (Å²) >= 11 is 13.4. The van der Waals surface area contributed by atoms with Crippen molar-refractivity contribution in [3.05, 3.63) is 88.4 Å². The molecule has 0 radical (unpaired) electrons. The van der Waals surface area contributed by atoms with Crippen molar-refractivity contribution in [1.29, 1.82) is 0 Å². The maximum atomic E-state index is 13.0. The number of carbonyl (C=O) groups is 1. The van der Waals surface area contributed by atoms with E-state index in [0.717, 1.165) is 59.8 Å². The zero-order valence-corrected chi connectivity index (χ0v) is 20.6. The van der Waals surface area contributed by atoms with Crippen molar-refractivity contribution in [3.63, 3.8) is 0 Å². The number of aromatic nitrogens is 2. The van der Waals surface area contributed by atoms with E-state index in [1.807, 2.05) is 53.5 Å². The van der Waals surface area contributed by atoms with Crippen molar-refractivity contribution in [2.24, 2.45) is 5.92 Å². The third kappa shape index (κ3) is 4.88. The molecule has 2 unspecified atom stereocenters. The molecule has 3 heterocycles. The van der Waals surface area contributed by atoms with Crippen LogP contribution in [0.5, 0.6) is 0 Å². The minimum absolute atomic E-state index is 0.0147. The number of imidazole rings is 1. The largest absolute Gasteiger partial charge is 0.356 e. The van der Waals surface area contributed by atoms with Gasteiger partial charge in [-0.1, -0.05) is 59.6 Å². The fraction of sp³-hybridized carbons (Fsp3) is 0.407. The van der Waals surface area contributed by atoms with Crippen molar-refractivity contribution in [3.8, 4) is 0 Å². The van der Waals surface area contributed by atoms with Crippen LogP contribution >= 0.6 is 23.2 Å². The molecular weight excluding hydrogens is 467 g/mol. The van der Waals surface area contributed by atoms with Gasteiger partial charge in [-0.25, -0.2) is 4.98 Å². The zero-order valence-electron chi connectivity index (χ0n) is 19.1. The number of amides is 1. The smallest absolute Gasteiger partial charge is 0.223 e. The summed E-state index contributed by atoms with van der Waals surface area (Å²) in [6.45, 7) is 1.55. The van der Waals surface area contributed by atoms with Crippen molar-refractivity contribution in [1.82, 2.24) is 19.8 Å². The Kier molecular flexibility index (Phi) is 7.23. The predicted molar refractivity (Wildman–Crippen MR) is 136 cm³/mol. The highest BCUT2D eigenvalue weighted by molar-refractivity contribution is 6.32. The monoisotopic (exact) mass is 496 g/mol. The van der Waals surface area contributed by atoms with E-state index in [0.29, 0.717) is 18.6 Å². The molecule has 1 N–H and O–H groups in total. The van der Waals surface area contributed by atoms with Gasteiger partial charge in [-0.05, 0) is 55.4 Å². The lowest BCUT2D eigenvalue weighted by atomic mass is 9.86. The van der Waals surface area contributed by atoms with Gasteiger partial charge in [0, 0.05) is 53.5 Å². The molecule has 178 valence electrons. The summed E-state index contributed by atoms with van der Waals surface area (Å²) in [5.74, 6) is 0.245. The molecule has 2 fully saturated rings. The van der Waals surface area contributed by atoms with Crippen LogP contribution in [-0.4, -0.2) is 39.0 Å². The molecule has 1 aromatic heterocycles. The Balaban J connectivity index is 1.30. The summed E-state index contributed by atoms with van der Waals surface area (Å²) in [6, 6.07) is 16.8. The van der Waals surface area contributed by atoms with E-state index in [1.54, 1.807) is 6.20 Å². The lowest BCUT2D eigenvalue weighted by Crippen LogP contribution is -2.48. The van der Waals surface area contributed by atoms with Gasteiger partial charge in [0.1, 0.15) is 0 Å². The van der Waals surface area contributed by atoms with E-state index in [4.69, 9.17) is 23.2 Å². The van der Waals surface area contributed by atoms with Gasteiger partial charge in [0.15, 0.2) is 0 Å². The number of fused-ring (bicyclic) bond motifs is 2. The van der Waals surface area contributed by atoms with Gasteiger partial charge in [0.25, 0.3) is 0 Å². The molecule has 0 spiro atoms. The Morgan fingerprint density at radius 1 is 1.00 bits per heavy atom. The Morgan fingerprint density at radius 2 is 1.62 bits per heavy atom. The van der Waals surface area contributed by atoms with Crippen LogP contribution in [0.4, 0.5) is 0 Å². The van der Waals surface area contributed by atoms with Crippen molar-refractivity contribution >= 4 is 29.1 Å². The highest BCUT2D eigenvalue weighted by atomic mass is 35.5. The van der Waals surface area contributed by atoms with Gasteiger partial charge in [0.2, 0.25) is 5.91 Å². The molecule has 0 aliphatic carbocycles. The lowest BCUT2D eigenvalue weighted by molar-refractivity contribution is -0.127. The fourth-order valence-corrected chi connectivity index (χ4v) is 6.25. The summed E-state index contributed by atoms with van der Waals surface area (Å²) in [5.41, 5.74) is 2.16. The number of nitrogens with zero attached hydrogens (tertiary/aromatic N) is 3. The molecule has 2 aliphatic rings. The minimum Gasteiger partial charge on any atom is -0.356 e. The number of nitrogens with one attached hydrogen (secondary N) is 1. The fourth-order valence-electron chi connectivity index (χ4n) is 5.77. The van der Waals surface area contributed by atoms with Gasteiger partial charge in [-0.3, -0.25) is 9.69 Å². The number of benzene rings is 2. The molecule has 2 aromatic carbocycles. The summed E-state index contributed by atoms with van der Waals surface area (Å²) < 4.78 is 2.04. The van der Waals surface area contributed by atoms with Gasteiger partial charge in [-0.15, -0.1) is 0 Å². The van der Waals surface area contributed by atoms with Crippen LogP contribution in [0.3, 0.4) is 0 Å². The first-order chi connectivity index (χ1) is 16.6. The maximum absolute atomic E-state index is 13.0. The second-order valence-corrected chi connectivity index (χ2v) is 10.2. The maximum Gasteiger partial charge on any atom is 0.223 e. The van der Waals surface area contributed by atoms with Gasteiger partial charge >= 0.3 is 0 Å². The molecule has 3 aromatic rings. The molecule has 0 saturated carbocycles. The molecule has 2 bridgehead atoms. The highest BCUT2D eigenvalue weighted by Crippen LogP contribution is 2.48. The number of aryl methyl sites for hydroxylation is 1. The van der Waals surface area contributed by atoms with Crippen molar-refractivity contribution < 1.29 is 4.79 Å². The summed E-state index contributed by atoms with van der Waals surface area (Å²) in [4.78, 5) is 19.7. The second kappa shape index (κ2) is 10.5. The number of halogens is 2. The topological polar surface area (TPSA) is 50.2 Å². The number of rotatable bonds is 8. The Hall–Kier alpha value is -2.34. The van der Waals surface area contributed by atoms with Gasteiger partial charge < -0.3 is 9.88 Å². The third-order valence-corrected chi connectivity index (χ3v) is 8.00. The quantitative estimate of drug-likeness (QED) is 0.405. The number of hydrogen-bond acceptors (Lipinski definition) is 3. The van der Waals surface area contributed by atoms with E-state index in [9.17, 15) is 4.79 Å². The zero-order chi connectivity index (χ0) is 23.5. The van der Waals surface area contributed by atoms with Gasteiger partial charge in [-0.2, -0.15) is 0 Å². The third-order valence-electron chi connectivity index (χ3n) is 7.31. The predicted octanol–water partition coefficient (Wildman–Crippen LogP) is 5.73. The first-order valence-corrected chi connectivity index (χ1v) is 12.9. The SMILES string of the molecule is O=C(NCCCn1ccnc1)C1CC2CCC(C1)N2C(c1ccccc1Cl)c1ccccc1Cl. The molecule has 5 rings (SSSR count). The van der Waals surface area contributed by atoms with Crippen molar-refractivity contribution in [2.45, 2.75) is 56.8 Å². The molecular formula is C27H30Cl2N4O. The van der Waals surface area contributed by atoms with E-state index < -0.39 is 0 Å². The van der Waals surface area contributed by atoms with E-state index in [1.165, 1.54) is 0 Å². The second-order valence-electron chi connectivity index (χ2n) is 9.39. The molecule has 1 amide bonds. The number of carbonyl (C=O) groups excluding carboxylic acids is 1. The molecule has 2 atom stereocenters. The summed E-state index contributed by atoms with van der Waals surface area (Å²) in [5, 5.41) is 4.68. The Bertz CT molecular complexity index is 1060. The van der Waals surface area contributed by atoms with Gasteiger partial charge in [0.05, 0.1) is 12.4 Å². The minimum atomic E-state index is -0.0147. The van der Waals surface area contributed by atoms with E-state index in [2.05, 4.69) is 27.3 Å². The molecule has 34 heavy (non-hydrogen) atoms. The lowest BCUT2D eigenvalue weighted by Gasteiger charge is -2.44. The summed E-state index contributed by atoms with van der Waals surface area (Å²) in [6.07, 6.45) is 10.4. The number of hydrogen-bond donors (Lipinski definition) is 1. The molecule has 5 nitrogen and oxygen atoms in total.